The minimum atomic E-state index is -0.812. The average molecular weight is 273 g/mol. The number of rotatable bonds is 5. The second kappa shape index (κ2) is 5.66. The van der Waals surface area contributed by atoms with Gasteiger partial charge in [0.25, 0.3) is 0 Å². The summed E-state index contributed by atoms with van der Waals surface area (Å²) in [7, 11) is 0. The summed E-state index contributed by atoms with van der Waals surface area (Å²) in [4.78, 5) is 14.2. The van der Waals surface area contributed by atoms with Crippen molar-refractivity contribution in [2.75, 3.05) is 11.9 Å². The van der Waals surface area contributed by atoms with E-state index in [0.29, 0.717) is 5.69 Å². The van der Waals surface area contributed by atoms with E-state index in [1.807, 2.05) is 30.3 Å². The fourth-order valence-corrected chi connectivity index (χ4v) is 1.94. The third-order valence-electron chi connectivity index (χ3n) is 3.13. The maximum atomic E-state index is 11.0. The van der Waals surface area contributed by atoms with Gasteiger partial charge in [-0.25, -0.2) is 0 Å². The van der Waals surface area contributed by atoms with Crippen molar-refractivity contribution in [2.45, 2.75) is 12.5 Å². The standard InChI is InChI=1S/C14H15N3O3/c1-14(10-18,11-5-3-2-4-6-11)16-12-7-8-15-9-13(12)17(19)20/h2-9,18H,10H2,1H3,(H,15,16). The van der Waals surface area contributed by atoms with Crippen molar-refractivity contribution in [1.82, 2.24) is 4.98 Å². The van der Waals surface area contributed by atoms with Crippen LogP contribution >= 0.6 is 0 Å². The second-order valence-electron chi connectivity index (χ2n) is 4.63. The Morgan fingerprint density at radius 3 is 2.65 bits per heavy atom. The maximum absolute atomic E-state index is 11.0. The fourth-order valence-electron chi connectivity index (χ4n) is 1.94. The van der Waals surface area contributed by atoms with Gasteiger partial charge in [-0.15, -0.1) is 0 Å². The first-order valence-electron chi connectivity index (χ1n) is 6.10. The molecule has 6 nitrogen and oxygen atoms in total. The van der Waals surface area contributed by atoms with Crippen LogP contribution in [0, 0.1) is 10.1 Å². The summed E-state index contributed by atoms with van der Waals surface area (Å²) in [6.07, 6.45) is 2.66. The highest BCUT2D eigenvalue weighted by Crippen LogP contribution is 2.30. The van der Waals surface area contributed by atoms with Gasteiger partial charge in [0.2, 0.25) is 0 Å². The number of pyridine rings is 1. The van der Waals surface area contributed by atoms with Crippen molar-refractivity contribution >= 4 is 11.4 Å². The van der Waals surface area contributed by atoms with Crippen molar-refractivity contribution in [3.8, 4) is 0 Å². The zero-order chi connectivity index (χ0) is 14.6. The number of hydrogen-bond acceptors (Lipinski definition) is 5. The van der Waals surface area contributed by atoms with Crippen LogP contribution < -0.4 is 5.32 Å². The van der Waals surface area contributed by atoms with Crippen LogP contribution in [0.5, 0.6) is 0 Å². The number of aliphatic hydroxyl groups excluding tert-OH is 1. The number of benzene rings is 1. The zero-order valence-electron chi connectivity index (χ0n) is 11.0. The molecule has 2 rings (SSSR count). The van der Waals surface area contributed by atoms with Crippen LogP contribution in [0.1, 0.15) is 12.5 Å². The van der Waals surface area contributed by atoms with Crippen LogP contribution in [0.25, 0.3) is 0 Å². The Labute approximate surface area is 116 Å². The van der Waals surface area contributed by atoms with Gasteiger partial charge in [-0.3, -0.25) is 15.1 Å². The van der Waals surface area contributed by atoms with Crippen molar-refractivity contribution < 1.29 is 10.0 Å². The zero-order valence-corrected chi connectivity index (χ0v) is 11.0. The SMILES string of the molecule is CC(CO)(Nc1ccncc1[N+](=O)[O-])c1ccccc1. The molecular weight excluding hydrogens is 258 g/mol. The Bertz CT molecular complexity index is 604. The Morgan fingerprint density at radius 2 is 2.05 bits per heavy atom. The molecule has 0 aliphatic heterocycles. The molecule has 2 aromatic rings. The van der Waals surface area contributed by atoms with Crippen LogP contribution in [0.15, 0.2) is 48.8 Å². The van der Waals surface area contributed by atoms with Crippen LogP contribution in [0.2, 0.25) is 0 Å². The normalized spacial score (nSPS) is 13.5. The second-order valence-corrected chi connectivity index (χ2v) is 4.63. The van der Waals surface area contributed by atoms with Gasteiger partial charge in [0, 0.05) is 6.20 Å². The monoisotopic (exact) mass is 273 g/mol. The molecule has 1 heterocycles. The first-order valence-corrected chi connectivity index (χ1v) is 6.10. The van der Waals surface area contributed by atoms with Gasteiger partial charge in [-0.1, -0.05) is 30.3 Å². The van der Waals surface area contributed by atoms with Crippen molar-refractivity contribution in [3.63, 3.8) is 0 Å². The molecule has 0 fully saturated rings. The largest absolute Gasteiger partial charge is 0.394 e. The molecule has 0 aliphatic carbocycles. The lowest BCUT2D eigenvalue weighted by molar-refractivity contribution is -0.384. The molecule has 0 spiro atoms. The Morgan fingerprint density at radius 1 is 1.35 bits per heavy atom. The lowest BCUT2D eigenvalue weighted by atomic mass is 9.92. The summed E-state index contributed by atoms with van der Waals surface area (Å²) in [6.45, 7) is 1.59. The van der Waals surface area contributed by atoms with E-state index in [1.54, 1.807) is 6.92 Å². The van der Waals surface area contributed by atoms with E-state index in [1.165, 1.54) is 18.5 Å². The third-order valence-corrected chi connectivity index (χ3v) is 3.13. The summed E-state index contributed by atoms with van der Waals surface area (Å²) in [5, 5.41) is 23.7. The van der Waals surface area contributed by atoms with E-state index in [0.717, 1.165) is 5.56 Å². The van der Waals surface area contributed by atoms with Crippen LogP contribution in [-0.4, -0.2) is 21.6 Å². The van der Waals surface area contributed by atoms with Crippen molar-refractivity contribution in [3.05, 3.63) is 64.5 Å². The van der Waals surface area contributed by atoms with E-state index >= 15 is 0 Å². The predicted molar refractivity (Wildman–Crippen MR) is 75.4 cm³/mol. The highest BCUT2D eigenvalue weighted by Gasteiger charge is 2.28. The summed E-state index contributed by atoms with van der Waals surface area (Å²) in [6, 6.07) is 10.8. The molecule has 0 saturated carbocycles. The molecule has 20 heavy (non-hydrogen) atoms. The Hall–Kier alpha value is -2.47. The van der Waals surface area contributed by atoms with Crippen LogP contribution in [0.4, 0.5) is 11.4 Å². The molecule has 1 unspecified atom stereocenters. The van der Waals surface area contributed by atoms with Gasteiger partial charge < -0.3 is 10.4 Å². The molecule has 0 amide bonds. The molecular formula is C14H15N3O3. The van der Waals surface area contributed by atoms with E-state index in [2.05, 4.69) is 10.3 Å². The number of nitrogens with one attached hydrogen (secondary N) is 1. The molecule has 2 N–H and O–H groups in total. The average Bonchev–Trinajstić information content (AvgIpc) is 2.48. The summed E-state index contributed by atoms with van der Waals surface area (Å²) in [5.74, 6) is 0. The number of aromatic nitrogens is 1. The first-order chi connectivity index (χ1) is 9.57. The van der Waals surface area contributed by atoms with Crippen LogP contribution in [0.3, 0.4) is 0 Å². The smallest absolute Gasteiger partial charge is 0.310 e. The van der Waals surface area contributed by atoms with Gasteiger partial charge in [0.05, 0.1) is 17.1 Å². The van der Waals surface area contributed by atoms with E-state index in [-0.39, 0.29) is 12.3 Å². The van der Waals surface area contributed by atoms with Gasteiger partial charge in [0.1, 0.15) is 11.9 Å². The van der Waals surface area contributed by atoms with E-state index in [9.17, 15) is 15.2 Å². The quantitative estimate of drug-likeness (QED) is 0.644. The number of anilines is 1. The number of nitro groups is 1. The fraction of sp³-hybridized carbons (Fsp3) is 0.214. The molecule has 104 valence electrons. The molecule has 0 saturated heterocycles. The van der Waals surface area contributed by atoms with Gasteiger partial charge in [0.15, 0.2) is 0 Å². The lowest BCUT2D eigenvalue weighted by Gasteiger charge is -2.30. The number of aliphatic hydroxyl groups is 1. The van der Waals surface area contributed by atoms with E-state index < -0.39 is 10.5 Å². The van der Waals surface area contributed by atoms with Crippen LogP contribution in [-0.2, 0) is 5.54 Å². The molecule has 0 bridgehead atoms. The maximum Gasteiger partial charge on any atom is 0.310 e. The number of nitrogens with zero attached hydrogens (tertiary/aromatic N) is 2. The van der Waals surface area contributed by atoms with E-state index in [4.69, 9.17) is 0 Å². The summed E-state index contributed by atoms with van der Waals surface area (Å²) < 4.78 is 0. The first kappa shape index (κ1) is 14.0. The highest BCUT2D eigenvalue weighted by atomic mass is 16.6. The predicted octanol–water partition coefficient (Wildman–Crippen LogP) is 2.31. The molecule has 0 radical (unpaired) electrons. The third kappa shape index (κ3) is 2.75. The molecule has 0 aliphatic rings. The number of hydrogen-bond donors (Lipinski definition) is 2. The minimum Gasteiger partial charge on any atom is -0.394 e. The van der Waals surface area contributed by atoms with Crippen molar-refractivity contribution in [1.29, 1.82) is 0 Å². The summed E-state index contributed by atoms with van der Waals surface area (Å²) >= 11 is 0. The molecule has 6 heteroatoms. The minimum absolute atomic E-state index is 0.122. The van der Waals surface area contributed by atoms with Gasteiger partial charge in [-0.2, -0.15) is 0 Å². The highest BCUT2D eigenvalue weighted by molar-refractivity contribution is 5.61. The Kier molecular flexibility index (Phi) is 3.95. The molecule has 1 aromatic carbocycles. The Balaban J connectivity index is 2.39. The van der Waals surface area contributed by atoms with Crippen molar-refractivity contribution in [2.24, 2.45) is 0 Å². The summed E-state index contributed by atoms with van der Waals surface area (Å²) in [5.41, 5.74) is 0.231. The topological polar surface area (TPSA) is 88.3 Å². The molecule has 1 atom stereocenters. The lowest BCUT2D eigenvalue weighted by Crippen LogP contribution is -2.36. The van der Waals surface area contributed by atoms with Gasteiger partial charge >= 0.3 is 5.69 Å². The van der Waals surface area contributed by atoms with Gasteiger partial charge in [-0.05, 0) is 18.6 Å². The molecule has 1 aromatic heterocycles.